The lowest BCUT2D eigenvalue weighted by Crippen LogP contribution is -2.48. The van der Waals surface area contributed by atoms with E-state index in [0.717, 1.165) is 23.0 Å². The molecule has 3 nitrogen and oxygen atoms in total. The van der Waals surface area contributed by atoms with Crippen molar-refractivity contribution < 1.29 is 9.53 Å². The number of rotatable bonds is 7. The topological polar surface area (TPSA) is 38.3 Å². The summed E-state index contributed by atoms with van der Waals surface area (Å²) in [6.07, 6.45) is 2.40. The van der Waals surface area contributed by atoms with Crippen molar-refractivity contribution in [3.63, 3.8) is 0 Å². The Bertz CT molecular complexity index is 495. The summed E-state index contributed by atoms with van der Waals surface area (Å²) >= 11 is 9.42. The molecule has 0 spiro atoms. The van der Waals surface area contributed by atoms with E-state index < -0.39 is 5.54 Å². The van der Waals surface area contributed by atoms with Gasteiger partial charge < -0.3 is 10.1 Å². The van der Waals surface area contributed by atoms with Crippen molar-refractivity contribution in [1.29, 1.82) is 0 Å². The first kappa shape index (κ1) is 18.3. The number of anilines is 1. The van der Waals surface area contributed by atoms with Gasteiger partial charge in [-0.3, -0.25) is 0 Å². The third-order valence-electron chi connectivity index (χ3n) is 3.88. The first-order valence-corrected chi connectivity index (χ1v) is 8.37. The molecule has 5 heteroatoms. The van der Waals surface area contributed by atoms with Gasteiger partial charge in [-0.25, -0.2) is 4.79 Å². The van der Waals surface area contributed by atoms with Gasteiger partial charge >= 0.3 is 5.97 Å². The van der Waals surface area contributed by atoms with Crippen LogP contribution in [0.15, 0.2) is 22.7 Å². The van der Waals surface area contributed by atoms with Crippen molar-refractivity contribution in [3.8, 4) is 0 Å². The summed E-state index contributed by atoms with van der Waals surface area (Å²) in [4.78, 5) is 12.4. The number of benzene rings is 1. The fourth-order valence-electron chi connectivity index (χ4n) is 2.35. The van der Waals surface area contributed by atoms with Crippen LogP contribution >= 0.6 is 27.5 Å². The minimum atomic E-state index is -0.711. The molecular weight excluding hydrogens is 354 g/mol. The van der Waals surface area contributed by atoms with Gasteiger partial charge in [0, 0.05) is 10.2 Å². The number of carbonyl (C=O) groups excluding carboxylic acids is 1. The SMILES string of the molecule is CCC(C)CC(CC)(Nc1ccc(Cl)c(Br)c1)C(=O)OC. The molecule has 0 heterocycles. The molecule has 1 aromatic rings. The van der Waals surface area contributed by atoms with Crippen LogP contribution in [0.3, 0.4) is 0 Å². The van der Waals surface area contributed by atoms with Gasteiger partial charge in [-0.15, -0.1) is 0 Å². The Morgan fingerprint density at radius 2 is 2.14 bits per heavy atom. The maximum absolute atomic E-state index is 12.4. The Morgan fingerprint density at radius 1 is 1.48 bits per heavy atom. The average Bonchev–Trinajstić information content (AvgIpc) is 2.49. The Morgan fingerprint density at radius 3 is 2.62 bits per heavy atom. The number of halogens is 2. The van der Waals surface area contributed by atoms with Crippen molar-refractivity contribution in [2.45, 2.75) is 45.6 Å². The number of hydrogen-bond donors (Lipinski definition) is 1. The third-order valence-corrected chi connectivity index (χ3v) is 5.09. The fraction of sp³-hybridized carbons (Fsp3) is 0.562. The zero-order valence-electron chi connectivity index (χ0n) is 13.0. The molecule has 2 unspecified atom stereocenters. The van der Waals surface area contributed by atoms with Crippen LogP contribution in [-0.2, 0) is 9.53 Å². The molecule has 0 fully saturated rings. The second-order valence-electron chi connectivity index (χ2n) is 5.40. The number of hydrogen-bond acceptors (Lipinski definition) is 3. The quantitative estimate of drug-likeness (QED) is 0.659. The molecule has 0 saturated carbocycles. The molecule has 0 radical (unpaired) electrons. The monoisotopic (exact) mass is 375 g/mol. The maximum Gasteiger partial charge on any atom is 0.331 e. The molecule has 2 atom stereocenters. The van der Waals surface area contributed by atoms with E-state index in [1.54, 1.807) is 6.07 Å². The molecule has 1 aromatic carbocycles. The standard InChI is InChI=1S/C16H23BrClNO2/c1-5-11(3)10-16(6-2,15(20)21-4)19-12-7-8-14(18)13(17)9-12/h7-9,11,19H,5-6,10H2,1-4H3. The van der Waals surface area contributed by atoms with Crippen molar-refractivity contribution in [2.24, 2.45) is 5.92 Å². The van der Waals surface area contributed by atoms with Crippen LogP contribution < -0.4 is 5.32 Å². The minimum absolute atomic E-state index is 0.226. The highest BCUT2D eigenvalue weighted by Gasteiger charge is 2.38. The van der Waals surface area contributed by atoms with Gasteiger partial charge in [0.15, 0.2) is 0 Å². The largest absolute Gasteiger partial charge is 0.467 e. The average molecular weight is 377 g/mol. The van der Waals surface area contributed by atoms with Crippen LogP contribution in [0.25, 0.3) is 0 Å². The van der Waals surface area contributed by atoms with Crippen LogP contribution in [0, 0.1) is 5.92 Å². The molecule has 0 aliphatic heterocycles. The Hall–Kier alpha value is -0.740. The first-order chi connectivity index (χ1) is 9.88. The lowest BCUT2D eigenvalue weighted by Gasteiger charge is -2.34. The van der Waals surface area contributed by atoms with Crippen molar-refractivity contribution >= 4 is 39.2 Å². The van der Waals surface area contributed by atoms with Crippen LogP contribution in [0.1, 0.15) is 40.0 Å². The van der Waals surface area contributed by atoms with E-state index in [0.29, 0.717) is 17.4 Å². The Balaban J connectivity index is 3.10. The van der Waals surface area contributed by atoms with Gasteiger partial charge in [0.2, 0.25) is 0 Å². The lowest BCUT2D eigenvalue weighted by atomic mass is 9.84. The number of carbonyl (C=O) groups is 1. The summed E-state index contributed by atoms with van der Waals surface area (Å²) in [5.41, 5.74) is 0.138. The third kappa shape index (κ3) is 4.62. The van der Waals surface area contributed by atoms with E-state index >= 15 is 0 Å². The number of methoxy groups -OCH3 is 1. The maximum atomic E-state index is 12.4. The van der Waals surface area contributed by atoms with E-state index in [-0.39, 0.29) is 5.97 Å². The molecule has 0 saturated heterocycles. The summed E-state index contributed by atoms with van der Waals surface area (Å²) in [7, 11) is 1.43. The van der Waals surface area contributed by atoms with Gasteiger partial charge in [-0.1, -0.05) is 38.8 Å². The van der Waals surface area contributed by atoms with Gasteiger partial charge in [-0.2, -0.15) is 0 Å². The van der Waals surface area contributed by atoms with E-state index in [1.807, 2.05) is 19.1 Å². The molecule has 0 aliphatic rings. The Labute approximate surface area is 140 Å². The molecule has 1 rings (SSSR count). The zero-order valence-corrected chi connectivity index (χ0v) is 15.3. The first-order valence-electron chi connectivity index (χ1n) is 7.20. The molecule has 0 aliphatic carbocycles. The second-order valence-corrected chi connectivity index (χ2v) is 6.66. The highest BCUT2D eigenvalue weighted by atomic mass is 79.9. The number of ether oxygens (including phenoxy) is 1. The predicted molar refractivity (Wildman–Crippen MR) is 91.9 cm³/mol. The molecule has 1 N–H and O–H groups in total. The van der Waals surface area contributed by atoms with Gasteiger partial charge in [0.25, 0.3) is 0 Å². The zero-order chi connectivity index (χ0) is 16.0. The summed E-state index contributed by atoms with van der Waals surface area (Å²) < 4.78 is 5.84. The van der Waals surface area contributed by atoms with Crippen LogP contribution in [0.4, 0.5) is 5.69 Å². The highest BCUT2D eigenvalue weighted by molar-refractivity contribution is 9.10. The molecule has 0 bridgehead atoms. The van der Waals surface area contributed by atoms with Crippen molar-refractivity contribution in [1.82, 2.24) is 0 Å². The van der Waals surface area contributed by atoms with Crippen molar-refractivity contribution in [3.05, 3.63) is 27.7 Å². The summed E-state index contributed by atoms with van der Waals surface area (Å²) in [6.45, 7) is 6.27. The summed E-state index contributed by atoms with van der Waals surface area (Å²) in [5, 5.41) is 4.00. The van der Waals surface area contributed by atoms with Crippen molar-refractivity contribution in [2.75, 3.05) is 12.4 Å². The summed E-state index contributed by atoms with van der Waals surface area (Å²) in [5.74, 6) is 0.198. The molecule has 21 heavy (non-hydrogen) atoms. The van der Waals surface area contributed by atoms with Gasteiger partial charge in [-0.05, 0) is 52.9 Å². The molecule has 0 amide bonds. The predicted octanol–water partition coefficient (Wildman–Crippen LogP) is 5.27. The minimum Gasteiger partial charge on any atom is -0.467 e. The number of nitrogens with one attached hydrogen (secondary N) is 1. The normalized spacial score (nSPS) is 15.1. The smallest absolute Gasteiger partial charge is 0.331 e. The molecule has 0 aromatic heterocycles. The highest BCUT2D eigenvalue weighted by Crippen LogP contribution is 2.32. The fourth-order valence-corrected chi connectivity index (χ4v) is 2.84. The van der Waals surface area contributed by atoms with Gasteiger partial charge in [0.1, 0.15) is 5.54 Å². The van der Waals surface area contributed by atoms with Crippen LogP contribution in [-0.4, -0.2) is 18.6 Å². The molecule has 118 valence electrons. The van der Waals surface area contributed by atoms with Crippen LogP contribution in [0.2, 0.25) is 5.02 Å². The Kier molecular flexibility index (Phi) is 7.01. The lowest BCUT2D eigenvalue weighted by molar-refractivity contribution is -0.146. The van der Waals surface area contributed by atoms with E-state index in [4.69, 9.17) is 16.3 Å². The van der Waals surface area contributed by atoms with E-state index in [9.17, 15) is 4.79 Å². The summed E-state index contributed by atoms with van der Waals surface area (Å²) in [6, 6.07) is 5.55. The van der Waals surface area contributed by atoms with E-state index in [1.165, 1.54) is 7.11 Å². The van der Waals surface area contributed by atoms with Gasteiger partial charge in [0.05, 0.1) is 12.1 Å². The molecular formula is C16H23BrClNO2. The second kappa shape index (κ2) is 8.04. The van der Waals surface area contributed by atoms with E-state index in [2.05, 4.69) is 35.1 Å². The number of esters is 1. The van der Waals surface area contributed by atoms with Crippen LogP contribution in [0.5, 0.6) is 0 Å².